The zero-order valence-electron chi connectivity index (χ0n) is 25.9. The van der Waals surface area contributed by atoms with Gasteiger partial charge in [-0.05, 0) is 38.0 Å². The van der Waals surface area contributed by atoms with Crippen molar-refractivity contribution in [1.82, 2.24) is 0 Å². The van der Waals surface area contributed by atoms with Gasteiger partial charge in [0, 0.05) is 6.42 Å². The standard InChI is InChI=1S/C31H56O13/c1-18(11-7-5-6-9-13-20-15-19(20)12-8-3-2-4-10-14-23(34)35)41-31-29(27(39)25(37)22(17-33)43-31)44-30-28(40)26(38)24(36)21(16-32)42-30/h18-22,24-33,36-40H,2-17H2,1H3,(H,34,35). The van der Waals surface area contributed by atoms with Crippen molar-refractivity contribution in [2.24, 2.45) is 11.8 Å². The first kappa shape index (κ1) is 37.5. The van der Waals surface area contributed by atoms with Crippen LogP contribution in [0.3, 0.4) is 0 Å². The van der Waals surface area contributed by atoms with E-state index in [9.17, 15) is 40.5 Å². The molecule has 2 heterocycles. The summed E-state index contributed by atoms with van der Waals surface area (Å²) >= 11 is 0. The van der Waals surface area contributed by atoms with E-state index in [0.717, 1.165) is 50.4 Å². The molecular weight excluding hydrogens is 580 g/mol. The molecule has 0 bridgehead atoms. The highest BCUT2D eigenvalue weighted by Crippen LogP contribution is 2.45. The molecule has 258 valence electrons. The van der Waals surface area contributed by atoms with Gasteiger partial charge in [-0.1, -0.05) is 64.2 Å². The molecule has 0 amide bonds. The molecule has 0 spiro atoms. The number of aliphatic carboxylic acids is 1. The number of aliphatic hydroxyl groups excluding tert-OH is 7. The summed E-state index contributed by atoms with van der Waals surface area (Å²) in [6, 6.07) is 0. The predicted octanol–water partition coefficient (Wildman–Crippen LogP) is 0.808. The predicted molar refractivity (Wildman–Crippen MR) is 156 cm³/mol. The van der Waals surface area contributed by atoms with Crippen molar-refractivity contribution in [2.45, 2.75) is 164 Å². The Morgan fingerprint density at radius 2 is 1.23 bits per heavy atom. The molecule has 13 atom stereocenters. The zero-order valence-corrected chi connectivity index (χ0v) is 25.9. The Morgan fingerprint density at radius 3 is 1.82 bits per heavy atom. The van der Waals surface area contributed by atoms with Gasteiger partial charge in [-0.3, -0.25) is 4.79 Å². The number of unbranched alkanes of at least 4 members (excludes halogenated alkanes) is 7. The summed E-state index contributed by atoms with van der Waals surface area (Å²) in [6.07, 6.45) is -0.462. The molecule has 2 saturated heterocycles. The minimum Gasteiger partial charge on any atom is -0.481 e. The molecule has 3 fully saturated rings. The van der Waals surface area contributed by atoms with Crippen molar-refractivity contribution in [3.63, 3.8) is 0 Å². The molecule has 3 rings (SSSR count). The lowest BCUT2D eigenvalue weighted by Crippen LogP contribution is -2.64. The van der Waals surface area contributed by atoms with Crippen LogP contribution in [0.15, 0.2) is 0 Å². The fourth-order valence-corrected chi connectivity index (χ4v) is 6.36. The maximum absolute atomic E-state index is 10.8. The van der Waals surface area contributed by atoms with E-state index in [4.69, 9.17) is 24.1 Å². The Bertz CT molecular complexity index is 815. The van der Waals surface area contributed by atoms with E-state index in [1.807, 2.05) is 6.92 Å². The third kappa shape index (κ3) is 11.4. The van der Waals surface area contributed by atoms with Gasteiger partial charge in [0.25, 0.3) is 0 Å². The summed E-state index contributed by atoms with van der Waals surface area (Å²) < 4.78 is 22.8. The van der Waals surface area contributed by atoms with Gasteiger partial charge in [0.1, 0.15) is 48.8 Å². The summed E-state index contributed by atoms with van der Waals surface area (Å²) in [5.74, 6) is 0.987. The molecule has 13 heteroatoms. The molecule has 0 aromatic heterocycles. The monoisotopic (exact) mass is 636 g/mol. The Morgan fingerprint density at radius 1 is 0.705 bits per heavy atom. The lowest BCUT2D eigenvalue weighted by molar-refractivity contribution is -0.371. The lowest BCUT2D eigenvalue weighted by atomic mass is 9.97. The van der Waals surface area contributed by atoms with Gasteiger partial charge in [-0.25, -0.2) is 0 Å². The van der Waals surface area contributed by atoms with E-state index in [0.29, 0.717) is 6.42 Å². The van der Waals surface area contributed by atoms with Crippen molar-refractivity contribution < 1.29 is 64.6 Å². The molecule has 8 N–H and O–H groups in total. The third-order valence-electron chi connectivity index (χ3n) is 9.30. The van der Waals surface area contributed by atoms with Crippen LogP contribution in [0.4, 0.5) is 0 Å². The molecule has 0 radical (unpaired) electrons. The number of rotatable bonds is 21. The molecule has 1 aliphatic carbocycles. The van der Waals surface area contributed by atoms with E-state index >= 15 is 0 Å². The first-order valence-corrected chi connectivity index (χ1v) is 16.5. The van der Waals surface area contributed by atoms with Gasteiger partial charge in [0.15, 0.2) is 12.6 Å². The molecule has 13 unspecified atom stereocenters. The van der Waals surface area contributed by atoms with Gasteiger partial charge in [-0.15, -0.1) is 0 Å². The van der Waals surface area contributed by atoms with Gasteiger partial charge in [-0.2, -0.15) is 0 Å². The van der Waals surface area contributed by atoms with E-state index in [2.05, 4.69) is 0 Å². The van der Waals surface area contributed by atoms with Gasteiger partial charge < -0.3 is 59.8 Å². The van der Waals surface area contributed by atoms with E-state index in [-0.39, 0.29) is 12.5 Å². The molecule has 44 heavy (non-hydrogen) atoms. The van der Waals surface area contributed by atoms with Crippen LogP contribution in [0.25, 0.3) is 0 Å². The maximum Gasteiger partial charge on any atom is 0.303 e. The number of carbonyl (C=O) groups is 1. The highest BCUT2D eigenvalue weighted by Gasteiger charge is 2.51. The highest BCUT2D eigenvalue weighted by atomic mass is 16.8. The Kier molecular flexibility index (Phi) is 16.2. The minimum atomic E-state index is -1.71. The normalized spacial score (nSPS) is 38.0. The maximum atomic E-state index is 10.8. The van der Waals surface area contributed by atoms with Crippen LogP contribution in [-0.4, -0.2) is 128 Å². The van der Waals surface area contributed by atoms with Gasteiger partial charge in [0.05, 0.1) is 19.3 Å². The number of aliphatic hydroxyl groups is 7. The van der Waals surface area contributed by atoms with Crippen molar-refractivity contribution in [2.75, 3.05) is 13.2 Å². The van der Waals surface area contributed by atoms with Crippen LogP contribution in [-0.2, 0) is 23.7 Å². The quantitative estimate of drug-likeness (QED) is 0.0820. The summed E-state index contributed by atoms with van der Waals surface area (Å²) in [6.45, 7) is 0.622. The SMILES string of the molecule is CC(CCCCCCC1CC1CCCCCCCC(=O)O)OC1OC(CO)C(O)C(O)C1OC1OC(CO)C(O)C(O)C1O. The number of carboxylic acids is 1. The van der Waals surface area contributed by atoms with Crippen LogP contribution in [0.1, 0.15) is 96.8 Å². The van der Waals surface area contributed by atoms with Gasteiger partial charge in [0.2, 0.25) is 0 Å². The molecule has 3 aliphatic rings. The van der Waals surface area contributed by atoms with Crippen molar-refractivity contribution >= 4 is 5.97 Å². The van der Waals surface area contributed by atoms with Crippen molar-refractivity contribution in [3.05, 3.63) is 0 Å². The highest BCUT2D eigenvalue weighted by molar-refractivity contribution is 5.66. The van der Waals surface area contributed by atoms with Crippen LogP contribution in [0, 0.1) is 11.8 Å². The third-order valence-corrected chi connectivity index (χ3v) is 9.30. The first-order chi connectivity index (χ1) is 21.1. The smallest absolute Gasteiger partial charge is 0.303 e. The van der Waals surface area contributed by atoms with E-state index in [1.165, 1.54) is 38.5 Å². The number of hydrogen-bond donors (Lipinski definition) is 8. The van der Waals surface area contributed by atoms with Crippen LogP contribution in [0.2, 0.25) is 0 Å². The summed E-state index contributed by atoms with van der Waals surface area (Å²) in [4.78, 5) is 10.6. The summed E-state index contributed by atoms with van der Waals surface area (Å²) in [5, 5.41) is 79.5. The molecule has 2 aliphatic heterocycles. The summed E-state index contributed by atoms with van der Waals surface area (Å²) in [5.41, 5.74) is 0. The van der Waals surface area contributed by atoms with Gasteiger partial charge >= 0.3 is 5.97 Å². The topological polar surface area (TPSA) is 216 Å². The van der Waals surface area contributed by atoms with Crippen LogP contribution < -0.4 is 0 Å². The fraction of sp³-hybridized carbons (Fsp3) is 0.968. The van der Waals surface area contributed by atoms with E-state index < -0.39 is 80.6 Å². The molecule has 0 aromatic rings. The lowest BCUT2D eigenvalue weighted by Gasteiger charge is -2.46. The number of ether oxygens (including phenoxy) is 4. The molecule has 13 nitrogen and oxygen atoms in total. The van der Waals surface area contributed by atoms with Crippen LogP contribution in [0.5, 0.6) is 0 Å². The fourth-order valence-electron chi connectivity index (χ4n) is 6.36. The minimum absolute atomic E-state index is 0.274. The second-order valence-corrected chi connectivity index (χ2v) is 12.9. The average Bonchev–Trinajstić information content (AvgIpc) is 3.75. The van der Waals surface area contributed by atoms with Crippen LogP contribution >= 0.6 is 0 Å². The zero-order chi connectivity index (χ0) is 32.2. The number of hydrogen-bond acceptors (Lipinski definition) is 12. The molecule has 0 aromatic carbocycles. The van der Waals surface area contributed by atoms with Crippen molar-refractivity contribution in [3.8, 4) is 0 Å². The molecule has 1 saturated carbocycles. The first-order valence-electron chi connectivity index (χ1n) is 16.5. The Labute approximate surface area is 260 Å². The second kappa shape index (κ2) is 19.0. The second-order valence-electron chi connectivity index (χ2n) is 12.9. The molecular formula is C31H56O13. The Balaban J connectivity index is 1.34. The van der Waals surface area contributed by atoms with E-state index in [1.54, 1.807) is 0 Å². The summed E-state index contributed by atoms with van der Waals surface area (Å²) in [7, 11) is 0. The number of carboxylic acid groups (broad SMARTS) is 1. The Hall–Kier alpha value is -0.970. The largest absolute Gasteiger partial charge is 0.481 e. The average molecular weight is 637 g/mol. The van der Waals surface area contributed by atoms with Crippen molar-refractivity contribution in [1.29, 1.82) is 0 Å².